The second-order valence-corrected chi connectivity index (χ2v) is 4.96. The van der Waals surface area contributed by atoms with Crippen LogP contribution in [0.25, 0.3) is 0 Å². The fraction of sp³-hybridized carbons (Fsp3) is 0.917. The minimum atomic E-state index is -0.155. The zero-order valence-electron chi connectivity index (χ0n) is 10.9. The van der Waals surface area contributed by atoms with E-state index in [9.17, 15) is 4.79 Å². The van der Waals surface area contributed by atoms with Gasteiger partial charge >= 0.3 is 6.03 Å². The highest BCUT2D eigenvalue weighted by Gasteiger charge is 2.25. The number of aliphatic hydroxyl groups excluding tert-OH is 1. The highest BCUT2D eigenvalue weighted by atomic mass is 16.5. The van der Waals surface area contributed by atoms with Gasteiger partial charge in [0.1, 0.15) is 0 Å². The number of hydrogen-bond acceptors (Lipinski definition) is 3. The maximum atomic E-state index is 11.7. The van der Waals surface area contributed by atoms with E-state index in [1.54, 1.807) is 0 Å². The summed E-state index contributed by atoms with van der Waals surface area (Å²) in [6, 6.07) is 0.0158. The first kappa shape index (κ1) is 14.3. The second kappa shape index (κ2) is 6.81. The molecule has 1 aliphatic rings. The van der Waals surface area contributed by atoms with Gasteiger partial charge in [0, 0.05) is 18.7 Å². The first-order chi connectivity index (χ1) is 8.01. The number of aliphatic hydroxyl groups is 1. The molecule has 1 heterocycles. The van der Waals surface area contributed by atoms with Crippen molar-refractivity contribution in [2.45, 2.75) is 64.3 Å². The Labute approximate surface area is 103 Å². The Kier molecular flexibility index (Phi) is 5.71. The third kappa shape index (κ3) is 5.37. The Hall–Kier alpha value is -0.810. The SMILES string of the molecule is CC1CC(NC(=O)N[C@H](C)CCO)CC(C)O1. The quantitative estimate of drug-likeness (QED) is 0.691. The van der Waals surface area contributed by atoms with Crippen LogP contribution in [0.4, 0.5) is 4.79 Å². The minimum absolute atomic E-state index is 0.00492. The summed E-state index contributed by atoms with van der Waals surface area (Å²) in [5.74, 6) is 0. The van der Waals surface area contributed by atoms with Gasteiger partial charge in [-0.05, 0) is 40.0 Å². The number of hydrogen-bond donors (Lipinski definition) is 3. The van der Waals surface area contributed by atoms with Gasteiger partial charge in [0.2, 0.25) is 0 Å². The number of carbonyl (C=O) groups excluding carboxylic acids is 1. The Bertz CT molecular complexity index is 238. The maximum absolute atomic E-state index is 11.7. The molecule has 0 bridgehead atoms. The zero-order valence-corrected chi connectivity index (χ0v) is 10.9. The predicted octanol–water partition coefficient (Wildman–Crippen LogP) is 1.01. The molecule has 0 aromatic heterocycles. The van der Waals surface area contributed by atoms with Gasteiger partial charge in [-0.15, -0.1) is 0 Å². The largest absolute Gasteiger partial charge is 0.396 e. The molecule has 5 heteroatoms. The lowest BCUT2D eigenvalue weighted by Gasteiger charge is -2.32. The lowest BCUT2D eigenvalue weighted by Crippen LogP contribution is -2.49. The number of amides is 2. The van der Waals surface area contributed by atoms with Crippen LogP contribution in [0, 0.1) is 0 Å². The number of ether oxygens (including phenoxy) is 1. The molecule has 5 nitrogen and oxygen atoms in total. The molecule has 0 spiro atoms. The first-order valence-electron chi connectivity index (χ1n) is 6.34. The highest BCUT2D eigenvalue weighted by molar-refractivity contribution is 5.74. The molecule has 1 aliphatic heterocycles. The molecule has 0 aromatic carbocycles. The molecule has 0 radical (unpaired) electrons. The van der Waals surface area contributed by atoms with Gasteiger partial charge < -0.3 is 20.5 Å². The van der Waals surface area contributed by atoms with Gasteiger partial charge in [-0.3, -0.25) is 0 Å². The monoisotopic (exact) mass is 244 g/mol. The minimum Gasteiger partial charge on any atom is -0.396 e. The van der Waals surface area contributed by atoms with E-state index in [1.165, 1.54) is 0 Å². The van der Waals surface area contributed by atoms with Gasteiger partial charge in [-0.2, -0.15) is 0 Å². The van der Waals surface area contributed by atoms with E-state index >= 15 is 0 Å². The number of carbonyl (C=O) groups is 1. The molecule has 0 saturated carbocycles. The van der Waals surface area contributed by atoms with Crippen molar-refractivity contribution >= 4 is 6.03 Å². The molecule has 3 atom stereocenters. The molecular weight excluding hydrogens is 220 g/mol. The summed E-state index contributed by atoms with van der Waals surface area (Å²) < 4.78 is 5.61. The highest BCUT2D eigenvalue weighted by Crippen LogP contribution is 2.18. The summed E-state index contributed by atoms with van der Waals surface area (Å²) in [4.78, 5) is 11.7. The number of nitrogens with one attached hydrogen (secondary N) is 2. The van der Waals surface area contributed by atoms with E-state index in [4.69, 9.17) is 9.84 Å². The van der Waals surface area contributed by atoms with Crippen molar-refractivity contribution in [2.24, 2.45) is 0 Å². The van der Waals surface area contributed by atoms with E-state index in [0.29, 0.717) is 6.42 Å². The molecule has 2 amide bonds. The third-order valence-electron chi connectivity index (χ3n) is 2.97. The summed E-state index contributed by atoms with van der Waals surface area (Å²) in [5.41, 5.74) is 0. The van der Waals surface area contributed by atoms with Crippen LogP contribution in [-0.2, 0) is 4.74 Å². The third-order valence-corrected chi connectivity index (χ3v) is 2.97. The van der Waals surface area contributed by atoms with Crippen molar-refractivity contribution in [1.29, 1.82) is 0 Å². The molecule has 3 N–H and O–H groups in total. The van der Waals surface area contributed by atoms with Crippen LogP contribution in [0.15, 0.2) is 0 Å². The lowest BCUT2D eigenvalue weighted by molar-refractivity contribution is -0.0402. The van der Waals surface area contributed by atoms with E-state index in [0.717, 1.165) is 12.8 Å². The van der Waals surface area contributed by atoms with Crippen LogP contribution in [0.3, 0.4) is 0 Å². The van der Waals surface area contributed by atoms with Crippen molar-refractivity contribution in [2.75, 3.05) is 6.61 Å². The summed E-state index contributed by atoms with van der Waals surface area (Å²) in [6.45, 7) is 6.02. The predicted molar refractivity (Wildman–Crippen MR) is 65.9 cm³/mol. The molecule has 1 fully saturated rings. The summed E-state index contributed by atoms with van der Waals surface area (Å²) in [6.07, 6.45) is 2.67. The van der Waals surface area contributed by atoms with Gasteiger partial charge in [-0.1, -0.05) is 0 Å². The van der Waals surface area contributed by atoms with E-state index < -0.39 is 0 Å². The summed E-state index contributed by atoms with van der Waals surface area (Å²) in [5, 5.41) is 14.5. The number of urea groups is 1. The first-order valence-corrected chi connectivity index (χ1v) is 6.34. The normalized spacial score (nSPS) is 30.7. The van der Waals surface area contributed by atoms with Gasteiger partial charge in [-0.25, -0.2) is 4.79 Å². The molecular formula is C12H24N2O3. The molecule has 0 aliphatic carbocycles. The van der Waals surface area contributed by atoms with Crippen LogP contribution in [0.5, 0.6) is 0 Å². The Morgan fingerprint density at radius 1 is 1.41 bits per heavy atom. The molecule has 100 valence electrons. The van der Waals surface area contributed by atoms with E-state index in [2.05, 4.69) is 10.6 Å². The standard InChI is InChI=1S/C12H24N2O3/c1-8(4-5-15)13-12(16)14-11-6-9(2)17-10(3)7-11/h8-11,15H,4-7H2,1-3H3,(H2,13,14,16)/t8-,9?,10?,11?/m1/s1. The molecule has 2 unspecified atom stereocenters. The van der Waals surface area contributed by atoms with E-state index in [1.807, 2.05) is 20.8 Å². The van der Waals surface area contributed by atoms with Crippen molar-refractivity contribution in [3.05, 3.63) is 0 Å². The average Bonchev–Trinajstić information content (AvgIpc) is 2.14. The molecule has 1 rings (SSSR count). The average molecular weight is 244 g/mol. The second-order valence-electron chi connectivity index (χ2n) is 4.96. The summed E-state index contributed by atoms with van der Waals surface area (Å²) in [7, 11) is 0. The topological polar surface area (TPSA) is 70.6 Å². The van der Waals surface area contributed by atoms with Crippen molar-refractivity contribution < 1.29 is 14.6 Å². The zero-order chi connectivity index (χ0) is 12.8. The van der Waals surface area contributed by atoms with Crippen LogP contribution in [0.2, 0.25) is 0 Å². The fourth-order valence-electron chi connectivity index (χ4n) is 2.24. The molecule has 17 heavy (non-hydrogen) atoms. The van der Waals surface area contributed by atoms with Crippen molar-refractivity contribution in [3.63, 3.8) is 0 Å². The summed E-state index contributed by atoms with van der Waals surface area (Å²) >= 11 is 0. The van der Waals surface area contributed by atoms with Crippen LogP contribution in [-0.4, -0.2) is 42.0 Å². The molecule has 1 saturated heterocycles. The van der Waals surface area contributed by atoms with Crippen molar-refractivity contribution in [1.82, 2.24) is 10.6 Å². The van der Waals surface area contributed by atoms with Crippen LogP contribution < -0.4 is 10.6 Å². The van der Waals surface area contributed by atoms with E-state index in [-0.39, 0.29) is 36.9 Å². The fourth-order valence-corrected chi connectivity index (χ4v) is 2.24. The lowest BCUT2D eigenvalue weighted by atomic mass is 10.0. The Balaban J connectivity index is 2.30. The van der Waals surface area contributed by atoms with Gasteiger partial charge in [0.25, 0.3) is 0 Å². The Morgan fingerprint density at radius 3 is 2.53 bits per heavy atom. The molecule has 0 aromatic rings. The van der Waals surface area contributed by atoms with Gasteiger partial charge in [0.15, 0.2) is 0 Å². The smallest absolute Gasteiger partial charge is 0.315 e. The maximum Gasteiger partial charge on any atom is 0.315 e. The van der Waals surface area contributed by atoms with Crippen molar-refractivity contribution in [3.8, 4) is 0 Å². The van der Waals surface area contributed by atoms with Crippen LogP contribution in [0.1, 0.15) is 40.0 Å². The van der Waals surface area contributed by atoms with Crippen LogP contribution >= 0.6 is 0 Å². The van der Waals surface area contributed by atoms with Gasteiger partial charge in [0.05, 0.1) is 12.2 Å². The Morgan fingerprint density at radius 2 is 2.00 bits per heavy atom. The number of rotatable bonds is 4.